The Kier molecular flexibility index (Phi) is 5.78. The van der Waals surface area contributed by atoms with Gasteiger partial charge in [-0.3, -0.25) is 9.59 Å². The first-order chi connectivity index (χ1) is 10.1. The third-order valence-electron chi connectivity index (χ3n) is 3.97. The lowest BCUT2D eigenvalue weighted by Gasteiger charge is -2.21. The second-order valence-electron chi connectivity index (χ2n) is 5.85. The first-order valence-electron chi connectivity index (χ1n) is 7.81. The van der Waals surface area contributed by atoms with Crippen molar-refractivity contribution in [1.82, 2.24) is 0 Å². The van der Waals surface area contributed by atoms with Crippen molar-refractivity contribution in [2.24, 2.45) is 5.92 Å². The molecule has 1 aliphatic carbocycles. The summed E-state index contributed by atoms with van der Waals surface area (Å²) in [5.41, 5.74) is 1.43. The van der Waals surface area contributed by atoms with Gasteiger partial charge >= 0.3 is 0 Å². The summed E-state index contributed by atoms with van der Waals surface area (Å²) in [7, 11) is 0. The SMILES string of the molecule is CC(=O)Nc1cccc(NC(=O)CCC2CCCCC2)c1. The smallest absolute Gasteiger partial charge is 0.224 e. The van der Waals surface area contributed by atoms with E-state index in [1.165, 1.54) is 39.0 Å². The summed E-state index contributed by atoms with van der Waals surface area (Å²) in [5.74, 6) is 0.659. The molecule has 0 unspecified atom stereocenters. The lowest BCUT2D eigenvalue weighted by molar-refractivity contribution is -0.116. The van der Waals surface area contributed by atoms with Crippen LogP contribution in [0, 0.1) is 5.92 Å². The minimum atomic E-state index is -0.115. The van der Waals surface area contributed by atoms with Crippen molar-refractivity contribution >= 4 is 23.2 Å². The van der Waals surface area contributed by atoms with E-state index in [2.05, 4.69) is 10.6 Å². The van der Waals surface area contributed by atoms with E-state index in [1.807, 2.05) is 12.1 Å². The van der Waals surface area contributed by atoms with Crippen LogP contribution < -0.4 is 10.6 Å². The fraction of sp³-hybridized carbons (Fsp3) is 0.529. The average molecular weight is 288 g/mol. The molecule has 21 heavy (non-hydrogen) atoms. The molecule has 1 aromatic rings. The van der Waals surface area contributed by atoms with Crippen molar-refractivity contribution in [3.8, 4) is 0 Å². The molecule has 114 valence electrons. The van der Waals surface area contributed by atoms with E-state index in [0.717, 1.165) is 18.0 Å². The Morgan fingerprint density at radius 2 is 1.76 bits per heavy atom. The summed E-state index contributed by atoms with van der Waals surface area (Å²) >= 11 is 0. The summed E-state index contributed by atoms with van der Waals surface area (Å²) in [6.07, 6.45) is 8.07. The van der Waals surface area contributed by atoms with Gasteiger partial charge in [-0.15, -0.1) is 0 Å². The van der Waals surface area contributed by atoms with Gasteiger partial charge < -0.3 is 10.6 Å². The highest BCUT2D eigenvalue weighted by Crippen LogP contribution is 2.27. The van der Waals surface area contributed by atoms with Gasteiger partial charge in [0.2, 0.25) is 11.8 Å². The molecule has 2 rings (SSSR count). The number of amides is 2. The molecule has 0 atom stereocenters. The minimum absolute atomic E-state index is 0.0561. The zero-order chi connectivity index (χ0) is 15.1. The number of carbonyl (C=O) groups is 2. The molecule has 0 heterocycles. The molecule has 0 aromatic heterocycles. The first-order valence-corrected chi connectivity index (χ1v) is 7.81. The molecule has 1 saturated carbocycles. The lowest BCUT2D eigenvalue weighted by atomic mass is 9.86. The number of hydrogen-bond acceptors (Lipinski definition) is 2. The van der Waals surface area contributed by atoms with E-state index in [4.69, 9.17) is 0 Å². The zero-order valence-corrected chi connectivity index (χ0v) is 12.7. The molecule has 1 aliphatic rings. The summed E-state index contributed by atoms with van der Waals surface area (Å²) in [4.78, 5) is 23.0. The molecular weight excluding hydrogens is 264 g/mol. The Labute approximate surface area is 126 Å². The number of carbonyl (C=O) groups excluding carboxylic acids is 2. The summed E-state index contributed by atoms with van der Waals surface area (Å²) < 4.78 is 0. The van der Waals surface area contributed by atoms with Crippen LogP contribution in [0.1, 0.15) is 51.9 Å². The third-order valence-corrected chi connectivity index (χ3v) is 3.97. The first kappa shape index (κ1) is 15.5. The summed E-state index contributed by atoms with van der Waals surface area (Å²) in [6.45, 7) is 1.47. The summed E-state index contributed by atoms with van der Waals surface area (Å²) in [6, 6.07) is 7.24. The highest BCUT2D eigenvalue weighted by Gasteiger charge is 2.14. The molecule has 1 aromatic carbocycles. The van der Waals surface area contributed by atoms with Crippen LogP contribution in [0.5, 0.6) is 0 Å². The number of benzene rings is 1. The molecule has 0 bridgehead atoms. The zero-order valence-electron chi connectivity index (χ0n) is 12.7. The highest BCUT2D eigenvalue weighted by atomic mass is 16.2. The Morgan fingerprint density at radius 3 is 2.43 bits per heavy atom. The molecule has 4 heteroatoms. The second-order valence-corrected chi connectivity index (χ2v) is 5.85. The van der Waals surface area contributed by atoms with E-state index in [1.54, 1.807) is 12.1 Å². The van der Waals surface area contributed by atoms with E-state index >= 15 is 0 Å². The highest BCUT2D eigenvalue weighted by molar-refractivity contribution is 5.93. The maximum absolute atomic E-state index is 12.0. The normalized spacial score (nSPS) is 15.5. The van der Waals surface area contributed by atoms with Crippen LogP contribution in [0.2, 0.25) is 0 Å². The molecule has 0 spiro atoms. The van der Waals surface area contributed by atoms with Crippen LogP contribution in [-0.4, -0.2) is 11.8 Å². The average Bonchev–Trinajstić information content (AvgIpc) is 2.46. The Bertz CT molecular complexity index is 493. The van der Waals surface area contributed by atoms with Crippen molar-refractivity contribution in [3.05, 3.63) is 24.3 Å². The number of nitrogens with one attached hydrogen (secondary N) is 2. The van der Waals surface area contributed by atoms with E-state index < -0.39 is 0 Å². The van der Waals surface area contributed by atoms with Gasteiger partial charge in [-0.2, -0.15) is 0 Å². The van der Waals surface area contributed by atoms with Crippen molar-refractivity contribution in [2.45, 2.75) is 51.9 Å². The maximum atomic E-state index is 12.0. The standard InChI is InChI=1S/C17H24N2O2/c1-13(20)18-15-8-5-9-16(12-15)19-17(21)11-10-14-6-3-2-4-7-14/h5,8-9,12,14H,2-4,6-7,10-11H2,1H3,(H,18,20)(H,19,21). The summed E-state index contributed by atoms with van der Waals surface area (Å²) in [5, 5.41) is 5.62. The van der Waals surface area contributed by atoms with Crippen molar-refractivity contribution in [2.75, 3.05) is 10.6 Å². The van der Waals surface area contributed by atoms with Crippen molar-refractivity contribution in [3.63, 3.8) is 0 Å². The molecule has 2 amide bonds. The number of rotatable bonds is 5. The molecule has 0 saturated heterocycles. The van der Waals surface area contributed by atoms with Gasteiger partial charge in [-0.25, -0.2) is 0 Å². The molecule has 0 radical (unpaired) electrons. The third kappa shape index (κ3) is 5.58. The number of anilines is 2. The topological polar surface area (TPSA) is 58.2 Å². The maximum Gasteiger partial charge on any atom is 0.224 e. The van der Waals surface area contributed by atoms with E-state index in [9.17, 15) is 9.59 Å². The van der Waals surface area contributed by atoms with Crippen molar-refractivity contribution < 1.29 is 9.59 Å². The Balaban J connectivity index is 1.80. The molecule has 2 N–H and O–H groups in total. The predicted octanol–water partition coefficient (Wildman–Crippen LogP) is 3.94. The van der Waals surface area contributed by atoms with Gasteiger partial charge in [-0.1, -0.05) is 38.2 Å². The van der Waals surface area contributed by atoms with Gasteiger partial charge in [0.25, 0.3) is 0 Å². The van der Waals surface area contributed by atoms with Gasteiger partial charge in [0, 0.05) is 24.7 Å². The fourth-order valence-electron chi connectivity index (χ4n) is 2.91. The lowest BCUT2D eigenvalue weighted by Crippen LogP contribution is -2.15. The van der Waals surface area contributed by atoms with Crippen LogP contribution in [0.3, 0.4) is 0 Å². The van der Waals surface area contributed by atoms with Crippen LogP contribution >= 0.6 is 0 Å². The van der Waals surface area contributed by atoms with Crippen LogP contribution in [0.15, 0.2) is 24.3 Å². The van der Waals surface area contributed by atoms with Crippen LogP contribution in [0.4, 0.5) is 11.4 Å². The Hall–Kier alpha value is -1.84. The van der Waals surface area contributed by atoms with Gasteiger partial charge in [0.15, 0.2) is 0 Å². The largest absolute Gasteiger partial charge is 0.326 e. The predicted molar refractivity (Wildman–Crippen MR) is 85.2 cm³/mol. The molecular formula is C17H24N2O2. The van der Waals surface area contributed by atoms with Gasteiger partial charge in [-0.05, 0) is 30.5 Å². The fourth-order valence-corrected chi connectivity index (χ4v) is 2.91. The molecule has 0 aliphatic heterocycles. The van der Waals surface area contributed by atoms with E-state index in [-0.39, 0.29) is 11.8 Å². The van der Waals surface area contributed by atoms with E-state index in [0.29, 0.717) is 12.1 Å². The second kappa shape index (κ2) is 7.81. The quantitative estimate of drug-likeness (QED) is 0.862. The van der Waals surface area contributed by atoms with Crippen LogP contribution in [0.25, 0.3) is 0 Å². The van der Waals surface area contributed by atoms with Crippen LogP contribution in [-0.2, 0) is 9.59 Å². The Morgan fingerprint density at radius 1 is 1.10 bits per heavy atom. The van der Waals surface area contributed by atoms with Gasteiger partial charge in [0.1, 0.15) is 0 Å². The number of hydrogen-bond donors (Lipinski definition) is 2. The van der Waals surface area contributed by atoms with Crippen molar-refractivity contribution in [1.29, 1.82) is 0 Å². The monoisotopic (exact) mass is 288 g/mol. The molecule has 4 nitrogen and oxygen atoms in total. The molecule has 1 fully saturated rings. The van der Waals surface area contributed by atoms with Gasteiger partial charge in [0.05, 0.1) is 0 Å². The minimum Gasteiger partial charge on any atom is -0.326 e.